The van der Waals surface area contributed by atoms with Crippen molar-refractivity contribution in [3.05, 3.63) is 12.2 Å². The summed E-state index contributed by atoms with van der Waals surface area (Å²) in [5.41, 5.74) is 0. The summed E-state index contributed by atoms with van der Waals surface area (Å²) >= 11 is 0. The maximum atomic E-state index is 10.4. The van der Waals surface area contributed by atoms with Gasteiger partial charge in [-0.15, -0.1) is 0 Å². The third kappa shape index (κ3) is 13.6. The molecule has 0 aromatic heterocycles. The van der Waals surface area contributed by atoms with Crippen LogP contribution in [0.2, 0.25) is 0 Å². The van der Waals surface area contributed by atoms with Crippen molar-refractivity contribution < 1.29 is 15.0 Å². The normalized spacial score (nSPS) is 12.9. The first-order valence-electron chi connectivity index (χ1n) is 8.24. The second-order valence-electron chi connectivity index (χ2n) is 5.53. The summed E-state index contributed by atoms with van der Waals surface area (Å²) in [6.45, 7) is 2.25. The number of hydrogen-bond acceptors (Lipinski definition) is 2. The van der Waals surface area contributed by atoms with Crippen molar-refractivity contribution in [1.82, 2.24) is 0 Å². The summed E-state index contributed by atoms with van der Waals surface area (Å²) < 4.78 is 0. The van der Waals surface area contributed by atoms with E-state index in [4.69, 9.17) is 10.2 Å². The molecular weight excluding hydrogens is 252 g/mol. The Bertz CT molecular complexity index is 249. The molecule has 118 valence electrons. The van der Waals surface area contributed by atoms with E-state index in [0.29, 0.717) is 0 Å². The smallest absolute Gasteiger partial charge is 0.332 e. The number of aliphatic hydroxyl groups excluding tert-OH is 1. The lowest BCUT2D eigenvalue weighted by Gasteiger charge is -2.01. The van der Waals surface area contributed by atoms with Crippen LogP contribution >= 0.6 is 0 Å². The first kappa shape index (κ1) is 19.2. The van der Waals surface area contributed by atoms with Gasteiger partial charge in [-0.05, 0) is 12.8 Å². The molecule has 0 aliphatic heterocycles. The van der Waals surface area contributed by atoms with Gasteiger partial charge in [0.25, 0.3) is 0 Å². The number of carboxylic acids is 1. The lowest BCUT2D eigenvalue weighted by molar-refractivity contribution is -0.146. The summed E-state index contributed by atoms with van der Waals surface area (Å²) in [5, 5.41) is 17.5. The number of hydrogen-bond donors (Lipinski definition) is 2. The predicted molar refractivity (Wildman–Crippen MR) is 83.9 cm³/mol. The molecule has 0 rings (SSSR count). The van der Waals surface area contributed by atoms with Crippen LogP contribution in [-0.4, -0.2) is 22.3 Å². The maximum Gasteiger partial charge on any atom is 0.332 e. The molecule has 0 radical (unpaired) electrons. The van der Waals surface area contributed by atoms with Crippen molar-refractivity contribution in [3.63, 3.8) is 0 Å². The first-order valence-corrected chi connectivity index (χ1v) is 8.24. The zero-order chi connectivity index (χ0) is 15.1. The molecule has 0 aromatic rings. The van der Waals surface area contributed by atoms with Gasteiger partial charge in [0.05, 0.1) is 0 Å². The van der Waals surface area contributed by atoms with E-state index in [1.54, 1.807) is 6.08 Å². The Morgan fingerprint density at radius 2 is 1.40 bits per heavy atom. The molecule has 0 spiro atoms. The number of allylic oxidation sites excluding steroid dienone is 1. The molecule has 0 heterocycles. The fraction of sp³-hybridized carbons (Fsp3) is 0.824. The summed E-state index contributed by atoms with van der Waals surface area (Å²) in [5.74, 6) is -1.14. The minimum absolute atomic E-state index is 0.215. The number of carbonyl (C=O) groups is 1. The Morgan fingerprint density at radius 3 is 1.90 bits per heavy atom. The Morgan fingerprint density at radius 1 is 0.900 bits per heavy atom. The van der Waals surface area contributed by atoms with Crippen molar-refractivity contribution in [2.45, 2.75) is 90.1 Å². The van der Waals surface area contributed by atoms with Crippen LogP contribution in [0.1, 0.15) is 84.0 Å². The number of carboxylic acid groups (broad SMARTS) is 1. The Balaban J connectivity index is 3.16. The number of unbranched alkanes of at least 4 members (excludes halogenated alkanes) is 10. The molecule has 1 atom stereocenters. The quantitative estimate of drug-likeness (QED) is 0.359. The highest BCUT2D eigenvalue weighted by Crippen LogP contribution is 2.11. The monoisotopic (exact) mass is 284 g/mol. The van der Waals surface area contributed by atoms with Crippen molar-refractivity contribution in [2.75, 3.05) is 0 Å². The van der Waals surface area contributed by atoms with Gasteiger partial charge in [-0.2, -0.15) is 0 Å². The molecule has 1 unspecified atom stereocenters. The van der Waals surface area contributed by atoms with Gasteiger partial charge in [-0.25, -0.2) is 4.79 Å². The molecule has 3 nitrogen and oxygen atoms in total. The zero-order valence-corrected chi connectivity index (χ0v) is 13.0. The summed E-state index contributed by atoms with van der Waals surface area (Å²) in [6.07, 6.45) is 17.0. The molecule has 20 heavy (non-hydrogen) atoms. The van der Waals surface area contributed by atoms with Crippen LogP contribution in [0.3, 0.4) is 0 Å². The summed E-state index contributed by atoms with van der Waals surface area (Å²) in [7, 11) is 0. The molecule has 0 saturated heterocycles. The van der Waals surface area contributed by atoms with Gasteiger partial charge in [0.15, 0.2) is 6.10 Å². The molecule has 0 bridgehead atoms. The fourth-order valence-corrected chi connectivity index (χ4v) is 2.19. The standard InChI is InChI=1S/C17H32O3/c1-2-3-4-5-6-7-8-9-10-11-12-13-14-15-16(18)17(19)20/h13-14,16,18H,2-12,15H2,1H3,(H,19,20)/b14-13+. The fourth-order valence-electron chi connectivity index (χ4n) is 2.19. The molecule has 3 heteroatoms. The largest absolute Gasteiger partial charge is 0.479 e. The minimum atomic E-state index is -1.25. The van der Waals surface area contributed by atoms with Crippen molar-refractivity contribution in [2.24, 2.45) is 0 Å². The Kier molecular flexibility index (Phi) is 14.0. The summed E-state index contributed by atoms with van der Waals surface area (Å²) in [4.78, 5) is 10.4. The number of aliphatic carboxylic acids is 1. The predicted octanol–water partition coefficient (Wildman–Crippen LogP) is 4.69. The van der Waals surface area contributed by atoms with Crippen LogP contribution in [0, 0.1) is 0 Å². The van der Waals surface area contributed by atoms with E-state index in [0.717, 1.165) is 12.8 Å². The van der Waals surface area contributed by atoms with Crippen LogP contribution in [0.4, 0.5) is 0 Å². The molecule has 2 N–H and O–H groups in total. The van der Waals surface area contributed by atoms with Crippen LogP contribution in [0.5, 0.6) is 0 Å². The SMILES string of the molecule is CCCCCCCCCCCC/C=C/CC(O)C(=O)O. The van der Waals surface area contributed by atoms with Gasteiger partial charge in [0, 0.05) is 6.42 Å². The Labute approximate surface area is 124 Å². The van der Waals surface area contributed by atoms with E-state index in [-0.39, 0.29) is 6.42 Å². The first-order chi connectivity index (χ1) is 9.68. The minimum Gasteiger partial charge on any atom is -0.479 e. The second-order valence-corrected chi connectivity index (χ2v) is 5.53. The third-order valence-electron chi connectivity index (χ3n) is 3.54. The molecule has 0 saturated carbocycles. The van der Waals surface area contributed by atoms with Crippen LogP contribution < -0.4 is 0 Å². The van der Waals surface area contributed by atoms with E-state index in [1.165, 1.54) is 57.8 Å². The van der Waals surface area contributed by atoms with Gasteiger partial charge < -0.3 is 10.2 Å². The van der Waals surface area contributed by atoms with Crippen molar-refractivity contribution >= 4 is 5.97 Å². The van der Waals surface area contributed by atoms with Gasteiger partial charge in [0.1, 0.15) is 0 Å². The third-order valence-corrected chi connectivity index (χ3v) is 3.54. The highest BCUT2D eigenvalue weighted by atomic mass is 16.4. The average molecular weight is 284 g/mol. The van der Waals surface area contributed by atoms with Crippen LogP contribution in [-0.2, 0) is 4.79 Å². The molecule has 0 aromatic carbocycles. The van der Waals surface area contributed by atoms with Crippen LogP contribution in [0.15, 0.2) is 12.2 Å². The van der Waals surface area contributed by atoms with Gasteiger partial charge in [-0.3, -0.25) is 0 Å². The van der Waals surface area contributed by atoms with E-state index in [1.807, 2.05) is 6.08 Å². The molecular formula is C17H32O3. The van der Waals surface area contributed by atoms with E-state index >= 15 is 0 Å². The van der Waals surface area contributed by atoms with Crippen LogP contribution in [0.25, 0.3) is 0 Å². The molecule has 0 aliphatic rings. The topological polar surface area (TPSA) is 57.5 Å². The van der Waals surface area contributed by atoms with Crippen molar-refractivity contribution in [1.29, 1.82) is 0 Å². The van der Waals surface area contributed by atoms with Gasteiger partial charge in [-0.1, -0.05) is 76.9 Å². The van der Waals surface area contributed by atoms with Crippen molar-refractivity contribution in [3.8, 4) is 0 Å². The highest BCUT2D eigenvalue weighted by molar-refractivity contribution is 5.72. The average Bonchev–Trinajstić information content (AvgIpc) is 2.43. The van der Waals surface area contributed by atoms with E-state index < -0.39 is 12.1 Å². The van der Waals surface area contributed by atoms with E-state index in [9.17, 15) is 4.79 Å². The number of aliphatic hydroxyl groups is 1. The van der Waals surface area contributed by atoms with Gasteiger partial charge in [0.2, 0.25) is 0 Å². The summed E-state index contributed by atoms with van der Waals surface area (Å²) in [6, 6.07) is 0. The molecule has 0 aliphatic carbocycles. The Hall–Kier alpha value is -0.830. The number of rotatable bonds is 14. The lowest BCUT2D eigenvalue weighted by Crippen LogP contribution is -2.17. The second kappa shape index (κ2) is 14.6. The zero-order valence-electron chi connectivity index (χ0n) is 13.0. The van der Waals surface area contributed by atoms with E-state index in [2.05, 4.69) is 6.92 Å². The maximum absolute atomic E-state index is 10.4. The lowest BCUT2D eigenvalue weighted by atomic mass is 10.1. The molecule has 0 fully saturated rings. The molecule has 0 amide bonds. The highest BCUT2D eigenvalue weighted by Gasteiger charge is 2.09. The van der Waals surface area contributed by atoms with Gasteiger partial charge >= 0.3 is 5.97 Å².